The lowest BCUT2D eigenvalue weighted by molar-refractivity contribution is -0.141. The zero-order valence-corrected chi connectivity index (χ0v) is 19.9. The summed E-state index contributed by atoms with van der Waals surface area (Å²) in [5.74, 6) is -0.634. The molecule has 0 bridgehead atoms. The van der Waals surface area contributed by atoms with Crippen molar-refractivity contribution in [2.45, 2.75) is 26.4 Å². The molecule has 5 rings (SSSR count). The van der Waals surface area contributed by atoms with Gasteiger partial charge in [0.15, 0.2) is 17.4 Å². The number of carbonyl (C=O) groups excluding carboxylic acids is 1. The number of aromatic nitrogens is 3. The normalized spacial score (nSPS) is 12.5. The summed E-state index contributed by atoms with van der Waals surface area (Å²) in [6.45, 7) is 2.85. The number of carbonyl (C=O) groups is 1. The Bertz CT molecular complexity index is 1430. The highest BCUT2D eigenvalue weighted by Crippen LogP contribution is 2.26. The fraction of sp³-hybridized carbons (Fsp3) is 0.231. The summed E-state index contributed by atoms with van der Waals surface area (Å²) in [5, 5.41) is 10.3. The van der Waals surface area contributed by atoms with Gasteiger partial charge in [0.1, 0.15) is 17.3 Å². The lowest BCUT2D eigenvalue weighted by Gasteiger charge is -2.19. The van der Waals surface area contributed by atoms with Crippen molar-refractivity contribution in [3.63, 3.8) is 0 Å². The van der Waals surface area contributed by atoms with E-state index in [0.29, 0.717) is 61.3 Å². The van der Waals surface area contributed by atoms with Crippen LogP contribution in [-0.4, -0.2) is 45.5 Å². The molecule has 0 radical (unpaired) electrons. The number of nitrogens with one attached hydrogen (secondary N) is 1. The molecule has 190 valence electrons. The van der Waals surface area contributed by atoms with Crippen molar-refractivity contribution in [1.82, 2.24) is 20.1 Å². The van der Waals surface area contributed by atoms with Crippen LogP contribution in [0.15, 0.2) is 58.2 Å². The first-order valence-electron chi connectivity index (χ1n) is 11.6. The van der Waals surface area contributed by atoms with Crippen molar-refractivity contribution >= 4 is 12.2 Å². The van der Waals surface area contributed by atoms with Crippen molar-refractivity contribution < 1.29 is 27.6 Å². The fourth-order valence-electron chi connectivity index (χ4n) is 3.80. The van der Waals surface area contributed by atoms with Gasteiger partial charge in [0.05, 0.1) is 49.5 Å². The first-order chi connectivity index (χ1) is 18.0. The third kappa shape index (κ3) is 5.66. The second-order valence-electron chi connectivity index (χ2n) is 8.36. The Morgan fingerprint density at radius 3 is 2.81 bits per heavy atom. The van der Waals surface area contributed by atoms with E-state index in [2.05, 4.69) is 20.2 Å². The highest BCUT2D eigenvalue weighted by atomic mass is 19.2. The van der Waals surface area contributed by atoms with Crippen molar-refractivity contribution in [1.29, 1.82) is 0 Å². The summed E-state index contributed by atoms with van der Waals surface area (Å²) >= 11 is 0. The second kappa shape index (κ2) is 10.6. The molecule has 0 unspecified atom stereocenters. The molecule has 0 aliphatic carbocycles. The Labute approximate surface area is 210 Å². The van der Waals surface area contributed by atoms with E-state index in [1.807, 2.05) is 30.3 Å². The Kier molecular flexibility index (Phi) is 6.93. The van der Waals surface area contributed by atoms with Crippen LogP contribution in [0.25, 0.3) is 22.6 Å². The number of esters is 1. The van der Waals surface area contributed by atoms with E-state index < -0.39 is 11.6 Å². The zero-order chi connectivity index (χ0) is 25.8. The SMILES string of the molecule is CC(=O)OCCCOc1ccc(-c2cc(CN3Cc4nc(-c5cccc(F)c5F)[nH]c4C=N3)on2)cc1. The van der Waals surface area contributed by atoms with Crippen LogP contribution in [0.4, 0.5) is 8.78 Å². The molecule has 2 aromatic heterocycles. The number of ether oxygens (including phenoxy) is 2. The maximum atomic E-state index is 14.2. The third-order valence-electron chi connectivity index (χ3n) is 5.61. The minimum absolute atomic E-state index is 0.0626. The minimum atomic E-state index is -0.949. The van der Waals surface area contributed by atoms with Gasteiger partial charge in [-0.1, -0.05) is 11.2 Å². The lowest BCUT2D eigenvalue weighted by Crippen LogP contribution is -2.21. The van der Waals surface area contributed by atoms with Crippen molar-refractivity contribution in [2.75, 3.05) is 13.2 Å². The summed E-state index contributed by atoms with van der Waals surface area (Å²) in [7, 11) is 0. The third-order valence-corrected chi connectivity index (χ3v) is 5.61. The van der Waals surface area contributed by atoms with Gasteiger partial charge in [0.2, 0.25) is 0 Å². The second-order valence-corrected chi connectivity index (χ2v) is 8.36. The van der Waals surface area contributed by atoms with Crippen molar-refractivity contribution in [3.05, 3.63) is 77.3 Å². The highest BCUT2D eigenvalue weighted by molar-refractivity contribution is 5.80. The van der Waals surface area contributed by atoms with E-state index in [4.69, 9.17) is 14.0 Å². The summed E-state index contributed by atoms with van der Waals surface area (Å²) in [4.78, 5) is 18.2. The molecule has 0 spiro atoms. The van der Waals surface area contributed by atoms with Gasteiger partial charge < -0.3 is 19.0 Å². The van der Waals surface area contributed by atoms with Crippen LogP contribution in [0, 0.1) is 11.6 Å². The molecule has 11 heteroatoms. The maximum absolute atomic E-state index is 14.2. The van der Waals surface area contributed by atoms with E-state index >= 15 is 0 Å². The summed E-state index contributed by atoms with van der Waals surface area (Å²) in [5.41, 5.74) is 2.90. The van der Waals surface area contributed by atoms with Gasteiger partial charge in [0.25, 0.3) is 0 Å². The molecule has 4 aromatic rings. The van der Waals surface area contributed by atoms with Gasteiger partial charge in [-0.2, -0.15) is 5.10 Å². The van der Waals surface area contributed by atoms with E-state index in [9.17, 15) is 13.6 Å². The van der Waals surface area contributed by atoms with Crippen molar-refractivity contribution in [2.24, 2.45) is 5.10 Å². The molecule has 0 fully saturated rings. The lowest BCUT2D eigenvalue weighted by atomic mass is 10.1. The first kappa shape index (κ1) is 24.2. The number of H-pyrrole nitrogens is 1. The predicted molar refractivity (Wildman–Crippen MR) is 129 cm³/mol. The highest BCUT2D eigenvalue weighted by Gasteiger charge is 2.21. The van der Waals surface area contributed by atoms with Crippen molar-refractivity contribution in [3.8, 4) is 28.4 Å². The molecule has 0 atom stereocenters. The van der Waals surface area contributed by atoms with E-state index in [-0.39, 0.29) is 17.4 Å². The van der Waals surface area contributed by atoms with Crippen LogP contribution >= 0.6 is 0 Å². The molecule has 3 heterocycles. The summed E-state index contributed by atoms with van der Waals surface area (Å²) in [6.07, 6.45) is 2.20. The van der Waals surface area contributed by atoms with Crippen LogP contribution in [0.5, 0.6) is 5.75 Å². The number of aromatic amines is 1. The first-order valence-corrected chi connectivity index (χ1v) is 11.6. The van der Waals surface area contributed by atoms with Gasteiger partial charge in [0, 0.05) is 25.0 Å². The Morgan fingerprint density at radius 2 is 2.00 bits per heavy atom. The molecule has 1 N–H and O–H groups in total. The molecule has 2 aromatic carbocycles. The van der Waals surface area contributed by atoms with Gasteiger partial charge >= 0.3 is 5.97 Å². The fourth-order valence-corrected chi connectivity index (χ4v) is 3.80. The van der Waals surface area contributed by atoms with Gasteiger partial charge in [-0.25, -0.2) is 13.8 Å². The minimum Gasteiger partial charge on any atom is -0.493 e. The molecular weight excluding hydrogens is 484 g/mol. The summed E-state index contributed by atoms with van der Waals surface area (Å²) in [6, 6.07) is 13.2. The number of hydrazone groups is 1. The van der Waals surface area contributed by atoms with Crippen LogP contribution in [-0.2, 0) is 22.6 Å². The Hall–Kier alpha value is -4.54. The number of imidazole rings is 1. The smallest absolute Gasteiger partial charge is 0.302 e. The zero-order valence-electron chi connectivity index (χ0n) is 19.9. The number of hydrogen-bond donors (Lipinski definition) is 1. The van der Waals surface area contributed by atoms with E-state index in [1.165, 1.54) is 19.1 Å². The Balaban J connectivity index is 1.18. The van der Waals surface area contributed by atoms with Gasteiger partial charge in [-0.3, -0.25) is 9.80 Å². The van der Waals surface area contributed by atoms with Crippen LogP contribution in [0.1, 0.15) is 30.5 Å². The molecular formula is C26H23F2N5O4. The van der Waals surface area contributed by atoms with Gasteiger partial charge in [-0.05, 0) is 36.4 Å². The van der Waals surface area contributed by atoms with Crippen LogP contribution in [0.3, 0.4) is 0 Å². The average molecular weight is 507 g/mol. The molecule has 1 aliphatic heterocycles. The number of nitrogens with zero attached hydrogens (tertiary/aromatic N) is 4. The van der Waals surface area contributed by atoms with Crippen LogP contribution < -0.4 is 4.74 Å². The Morgan fingerprint density at radius 1 is 1.16 bits per heavy atom. The van der Waals surface area contributed by atoms with Gasteiger partial charge in [-0.15, -0.1) is 0 Å². The number of benzene rings is 2. The van der Waals surface area contributed by atoms with E-state index in [1.54, 1.807) is 11.2 Å². The van der Waals surface area contributed by atoms with Crippen LogP contribution in [0.2, 0.25) is 0 Å². The molecule has 0 saturated heterocycles. The molecule has 1 aliphatic rings. The molecule has 0 amide bonds. The topological polar surface area (TPSA) is 106 Å². The number of fused-ring (bicyclic) bond motifs is 1. The number of rotatable bonds is 9. The largest absolute Gasteiger partial charge is 0.493 e. The monoisotopic (exact) mass is 507 g/mol. The maximum Gasteiger partial charge on any atom is 0.302 e. The number of halogens is 2. The standard InChI is InChI=1S/C26H23F2N5O4/c1-16(34)35-10-3-11-36-18-8-6-17(7-9-18)22-12-19(37-32-22)14-33-15-24-23(13-29-33)30-26(31-24)20-4-2-5-21(27)25(20)28/h2,4-9,12-13H,3,10-11,14-15H2,1H3,(H,30,31). The molecule has 9 nitrogen and oxygen atoms in total. The van der Waals surface area contributed by atoms with E-state index in [0.717, 1.165) is 11.6 Å². The predicted octanol–water partition coefficient (Wildman–Crippen LogP) is 4.69. The average Bonchev–Trinajstić information content (AvgIpc) is 3.52. The quantitative estimate of drug-likeness (QED) is 0.259. The molecule has 37 heavy (non-hydrogen) atoms. The molecule has 0 saturated carbocycles. The number of hydrogen-bond acceptors (Lipinski definition) is 8. The summed E-state index contributed by atoms with van der Waals surface area (Å²) < 4.78 is 43.8.